The average Bonchev–Trinajstić information content (AvgIpc) is 2.34. The Morgan fingerprint density at radius 2 is 1.94 bits per heavy atom. The van der Waals surface area contributed by atoms with Crippen molar-refractivity contribution in [2.45, 2.75) is 6.92 Å². The molecular weight excluding hydrogens is 235 g/mol. The molecule has 0 spiro atoms. The minimum atomic E-state index is -0.555. The summed E-state index contributed by atoms with van der Waals surface area (Å²) in [7, 11) is 0. The van der Waals surface area contributed by atoms with Crippen molar-refractivity contribution in [1.29, 1.82) is 0 Å². The molecule has 1 amide bonds. The lowest BCUT2D eigenvalue weighted by Crippen LogP contribution is -2.19. The number of aromatic amines is 1. The highest BCUT2D eigenvalue weighted by Gasteiger charge is 2.11. The number of amides is 1. The number of aromatic nitrogens is 1. The number of para-hydroxylation sites is 1. The van der Waals surface area contributed by atoms with Gasteiger partial charge in [0.2, 0.25) is 5.56 Å². The lowest BCUT2D eigenvalue weighted by Gasteiger charge is -2.08. The van der Waals surface area contributed by atoms with Gasteiger partial charge in [0.05, 0.1) is 5.69 Å². The summed E-state index contributed by atoms with van der Waals surface area (Å²) in [6.07, 6.45) is 0. The van der Waals surface area contributed by atoms with Gasteiger partial charge < -0.3 is 10.3 Å². The molecule has 1 aromatic heterocycles. The van der Waals surface area contributed by atoms with Crippen LogP contribution in [0.25, 0.3) is 0 Å². The fraction of sp³-hybridized carbons (Fsp3) is 0.0769. The van der Waals surface area contributed by atoms with E-state index in [0.717, 1.165) is 0 Å². The number of carbonyl (C=O) groups is 1. The second kappa shape index (κ2) is 4.83. The molecule has 0 saturated heterocycles. The average molecular weight is 246 g/mol. The summed E-state index contributed by atoms with van der Waals surface area (Å²) in [5, 5.41) is 2.44. The quantitative estimate of drug-likeness (QED) is 0.852. The van der Waals surface area contributed by atoms with Crippen molar-refractivity contribution in [3.05, 3.63) is 63.8 Å². The Hall–Kier alpha value is -2.43. The zero-order valence-electron chi connectivity index (χ0n) is 9.66. The van der Waals surface area contributed by atoms with Gasteiger partial charge in [0.25, 0.3) is 5.91 Å². The second-order valence-corrected chi connectivity index (χ2v) is 3.81. The van der Waals surface area contributed by atoms with Crippen molar-refractivity contribution in [2.75, 3.05) is 5.32 Å². The second-order valence-electron chi connectivity index (χ2n) is 3.81. The summed E-state index contributed by atoms with van der Waals surface area (Å²) < 4.78 is 13.5. The topological polar surface area (TPSA) is 62.0 Å². The van der Waals surface area contributed by atoms with Crippen LogP contribution in [0, 0.1) is 12.7 Å². The molecule has 0 aliphatic rings. The van der Waals surface area contributed by atoms with Gasteiger partial charge >= 0.3 is 0 Å². The van der Waals surface area contributed by atoms with E-state index in [9.17, 15) is 14.0 Å². The molecule has 1 heterocycles. The molecule has 18 heavy (non-hydrogen) atoms. The summed E-state index contributed by atoms with van der Waals surface area (Å²) in [6, 6.07) is 8.72. The van der Waals surface area contributed by atoms with Gasteiger partial charge in [0, 0.05) is 6.07 Å². The van der Waals surface area contributed by atoms with Crippen LogP contribution >= 0.6 is 0 Å². The molecule has 92 valence electrons. The molecule has 0 aliphatic heterocycles. The third-order valence-electron chi connectivity index (χ3n) is 2.47. The minimum absolute atomic E-state index is 0.0881. The van der Waals surface area contributed by atoms with Crippen LogP contribution < -0.4 is 10.9 Å². The largest absolute Gasteiger partial charge is 0.318 e. The van der Waals surface area contributed by atoms with E-state index in [1.807, 2.05) is 0 Å². The molecule has 0 fully saturated rings. The van der Waals surface area contributed by atoms with Crippen LogP contribution in [0.15, 0.2) is 41.2 Å². The molecule has 4 nitrogen and oxygen atoms in total. The first kappa shape index (κ1) is 12.0. The Kier molecular flexibility index (Phi) is 3.23. The minimum Gasteiger partial charge on any atom is -0.318 e. The lowest BCUT2D eigenvalue weighted by atomic mass is 10.2. The SMILES string of the molecule is Cc1cccc(F)c1NC(=O)c1cccc(=O)[nH]1. The third-order valence-corrected chi connectivity index (χ3v) is 2.47. The predicted molar refractivity (Wildman–Crippen MR) is 66.2 cm³/mol. The Labute approximate surface area is 102 Å². The zero-order valence-corrected chi connectivity index (χ0v) is 9.66. The number of aryl methyl sites for hydroxylation is 1. The number of H-pyrrole nitrogens is 1. The van der Waals surface area contributed by atoms with Crippen LogP contribution in [0.2, 0.25) is 0 Å². The third kappa shape index (κ3) is 2.45. The standard InChI is InChI=1S/C13H11FN2O2/c1-8-4-2-5-9(14)12(8)16-13(18)10-6-3-7-11(17)15-10/h2-7H,1H3,(H,15,17)(H,16,18). The number of nitrogens with one attached hydrogen (secondary N) is 2. The number of pyridine rings is 1. The van der Waals surface area contributed by atoms with E-state index in [4.69, 9.17) is 0 Å². The first-order valence-corrected chi connectivity index (χ1v) is 5.34. The fourth-order valence-corrected chi connectivity index (χ4v) is 1.55. The highest BCUT2D eigenvalue weighted by molar-refractivity contribution is 6.03. The molecule has 0 aliphatic carbocycles. The summed E-state index contributed by atoms with van der Waals surface area (Å²) >= 11 is 0. The molecule has 0 radical (unpaired) electrons. The smallest absolute Gasteiger partial charge is 0.272 e. The van der Waals surface area contributed by atoms with Crippen LogP contribution in [-0.4, -0.2) is 10.9 Å². The van der Waals surface area contributed by atoms with Crippen molar-refractivity contribution in [2.24, 2.45) is 0 Å². The van der Waals surface area contributed by atoms with E-state index in [1.54, 1.807) is 19.1 Å². The van der Waals surface area contributed by atoms with Gasteiger partial charge in [-0.15, -0.1) is 0 Å². The van der Waals surface area contributed by atoms with Crippen LogP contribution in [0.3, 0.4) is 0 Å². The monoisotopic (exact) mass is 246 g/mol. The Morgan fingerprint density at radius 3 is 2.61 bits per heavy atom. The molecule has 0 saturated carbocycles. The Morgan fingerprint density at radius 1 is 1.22 bits per heavy atom. The number of anilines is 1. The molecule has 0 atom stereocenters. The van der Waals surface area contributed by atoms with Gasteiger partial charge in [-0.1, -0.05) is 18.2 Å². The van der Waals surface area contributed by atoms with Crippen LogP contribution in [0.5, 0.6) is 0 Å². The number of halogens is 1. The maximum Gasteiger partial charge on any atom is 0.272 e. The molecule has 5 heteroatoms. The van der Waals surface area contributed by atoms with E-state index in [1.165, 1.54) is 24.3 Å². The Balaban J connectivity index is 2.30. The first-order valence-electron chi connectivity index (χ1n) is 5.34. The first-order chi connectivity index (χ1) is 8.58. The number of hydrogen-bond donors (Lipinski definition) is 2. The van der Waals surface area contributed by atoms with Gasteiger partial charge in [-0.3, -0.25) is 9.59 Å². The van der Waals surface area contributed by atoms with E-state index >= 15 is 0 Å². The summed E-state index contributed by atoms with van der Waals surface area (Å²) in [6.45, 7) is 1.69. The molecule has 2 rings (SSSR count). The van der Waals surface area contributed by atoms with Gasteiger partial charge in [0.15, 0.2) is 0 Å². The lowest BCUT2D eigenvalue weighted by molar-refractivity contribution is 0.102. The number of carbonyl (C=O) groups excluding carboxylic acids is 1. The summed E-state index contributed by atoms with van der Waals surface area (Å²) in [5.41, 5.74) is 0.437. The fourth-order valence-electron chi connectivity index (χ4n) is 1.55. The van der Waals surface area contributed by atoms with Crippen molar-refractivity contribution in [1.82, 2.24) is 4.98 Å². The molecule has 2 aromatic rings. The van der Waals surface area contributed by atoms with E-state index in [2.05, 4.69) is 10.3 Å². The molecule has 1 aromatic carbocycles. The van der Waals surface area contributed by atoms with Crippen LogP contribution in [0.1, 0.15) is 16.1 Å². The van der Waals surface area contributed by atoms with Crippen molar-refractivity contribution < 1.29 is 9.18 Å². The van der Waals surface area contributed by atoms with Crippen molar-refractivity contribution in [3.63, 3.8) is 0 Å². The van der Waals surface area contributed by atoms with Crippen LogP contribution in [0.4, 0.5) is 10.1 Å². The number of benzene rings is 1. The van der Waals surface area contributed by atoms with Gasteiger partial charge in [-0.05, 0) is 24.6 Å². The number of rotatable bonds is 2. The van der Waals surface area contributed by atoms with Crippen molar-refractivity contribution in [3.8, 4) is 0 Å². The highest BCUT2D eigenvalue weighted by Crippen LogP contribution is 2.19. The normalized spacial score (nSPS) is 10.1. The molecular formula is C13H11FN2O2. The summed E-state index contributed by atoms with van der Waals surface area (Å²) in [4.78, 5) is 25.3. The maximum atomic E-state index is 13.5. The van der Waals surface area contributed by atoms with E-state index < -0.39 is 11.7 Å². The summed E-state index contributed by atoms with van der Waals surface area (Å²) in [5.74, 6) is -1.07. The zero-order chi connectivity index (χ0) is 13.1. The van der Waals surface area contributed by atoms with Gasteiger partial charge in [-0.25, -0.2) is 4.39 Å². The van der Waals surface area contributed by atoms with Gasteiger partial charge in [0.1, 0.15) is 11.5 Å². The van der Waals surface area contributed by atoms with Crippen molar-refractivity contribution >= 4 is 11.6 Å². The highest BCUT2D eigenvalue weighted by atomic mass is 19.1. The predicted octanol–water partition coefficient (Wildman–Crippen LogP) is 2.07. The molecule has 2 N–H and O–H groups in total. The molecule has 0 bridgehead atoms. The van der Waals surface area contributed by atoms with E-state index in [-0.39, 0.29) is 16.9 Å². The van der Waals surface area contributed by atoms with Crippen LogP contribution in [-0.2, 0) is 0 Å². The van der Waals surface area contributed by atoms with E-state index in [0.29, 0.717) is 5.56 Å². The molecule has 0 unspecified atom stereocenters. The van der Waals surface area contributed by atoms with Gasteiger partial charge in [-0.2, -0.15) is 0 Å². The number of hydrogen-bond acceptors (Lipinski definition) is 2. The Bertz CT molecular complexity index is 629. The maximum absolute atomic E-state index is 13.5.